The van der Waals surface area contributed by atoms with E-state index in [1.165, 1.54) is 24.8 Å². The molecule has 0 amide bonds. The first-order chi connectivity index (χ1) is 7.88. The Kier molecular flexibility index (Phi) is 4.43. The molecule has 1 saturated heterocycles. The van der Waals surface area contributed by atoms with Gasteiger partial charge in [-0.15, -0.1) is 0 Å². The third kappa shape index (κ3) is 3.35. The fourth-order valence-corrected chi connectivity index (χ4v) is 2.14. The van der Waals surface area contributed by atoms with E-state index in [2.05, 4.69) is 35.3 Å². The van der Waals surface area contributed by atoms with E-state index in [-0.39, 0.29) is 0 Å². The second-order valence-electron chi connectivity index (χ2n) is 4.53. The van der Waals surface area contributed by atoms with Crippen LogP contribution in [0.3, 0.4) is 0 Å². The van der Waals surface area contributed by atoms with Crippen LogP contribution < -0.4 is 5.32 Å². The lowest BCUT2D eigenvalue weighted by molar-refractivity contribution is 0.0971. The fourth-order valence-electron chi connectivity index (χ4n) is 2.14. The average Bonchev–Trinajstić information content (AvgIpc) is 2.91. The summed E-state index contributed by atoms with van der Waals surface area (Å²) in [4.78, 5) is 0. The van der Waals surface area contributed by atoms with Crippen LogP contribution in [0.5, 0.6) is 0 Å². The summed E-state index contributed by atoms with van der Waals surface area (Å²) >= 11 is 0. The van der Waals surface area contributed by atoms with Crippen molar-refractivity contribution in [2.75, 3.05) is 13.2 Å². The number of rotatable bonds is 6. The zero-order valence-electron chi connectivity index (χ0n) is 10.1. The van der Waals surface area contributed by atoms with Crippen molar-refractivity contribution < 1.29 is 4.74 Å². The first kappa shape index (κ1) is 11.7. The van der Waals surface area contributed by atoms with Crippen molar-refractivity contribution in [2.45, 2.75) is 45.4 Å². The lowest BCUT2D eigenvalue weighted by Gasteiger charge is -2.09. The van der Waals surface area contributed by atoms with Crippen molar-refractivity contribution in [3.63, 3.8) is 0 Å². The normalized spacial score (nSPS) is 20.4. The van der Waals surface area contributed by atoms with Gasteiger partial charge in [0.1, 0.15) is 0 Å². The molecule has 16 heavy (non-hydrogen) atoms. The van der Waals surface area contributed by atoms with E-state index < -0.39 is 0 Å². The molecule has 0 radical (unpaired) electrons. The number of hydrogen-bond donors (Lipinski definition) is 1. The van der Waals surface area contributed by atoms with Crippen molar-refractivity contribution in [1.82, 2.24) is 9.88 Å². The summed E-state index contributed by atoms with van der Waals surface area (Å²) in [6.45, 7) is 6.21. The van der Waals surface area contributed by atoms with Gasteiger partial charge in [-0.2, -0.15) is 0 Å². The molecule has 0 aromatic carbocycles. The number of nitrogens with one attached hydrogen (secondary N) is 1. The number of aromatic nitrogens is 1. The molecule has 1 atom stereocenters. The van der Waals surface area contributed by atoms with Crippen LogP contribution in [0, 0.1) is 0 Å². The molecule has 2 rings (SSSR count). The zero-order chi connectivity index (χ0) is 11.2. The molecule has 1 aromatic rings. The Hall–Kier alpha value is -0.800. The first-order valence-corrected chi connectivity index (χ1v) is 6.35. The molecule has 1 aromatic heterocycles. The van der Waals surface area contributed by atoms with Crippen LogP contribution in [0.25, 0.3) is 0 Å². The average molecular weight is 222 g/mol. The van der Waals surface area contributed by atoms with Gasteiger partial charge in [-0.05, 0) is 37.4 Å². The highest BCUT2D eigenvalue weighted by molar-refractivity contribution is 5.10. The molecule has 1 aliphatic heterocycles. The molecule has 1 N–H and O–H groups in total. The zero-order valence-corrected chi connectivity index (χ0v) is 10.1. The minimum Gasteiger partial charge on any atom is -0.376 e. The van der Waals surface area contributed by atoms with Crippen LogP contribution in [-0.4, -0.2) is 23.8 Å². The van der Waals surface area contributed by atoms with Gasteiger partial charge < -0.3 is 14.6 Å². The van der Waals surface area contributed by atoms with E-state index in [1.54, 1.807) is 0 Å². The highest BCUT2D eigenvalue weighted by Crippen LogP contribution is 2.14. The summed E-state index contributed by atoms with van der Waals surface area (Å²) < 4.78 is 7.88. The summed E-state index contributed by atoms with van der Waals surface area (Å²) in [5.41, 5.74) is 1.37. The number of ether oxygens (including phenoxy) is 1. The Labute approximate surface area is 97.8 Å². The predicted octanol–water partition coefficient (Wildman–Crippen LogP) is 2.17. The molecule has 3 heteroatoms. The Morgan fingerprint density at radius 2 is 2.50 bits per heavy atom. The smallest absolute Gasteiger partial charge is 0.0754 e. The van der Waals surface area contributed by atoms with Gasteiger partial charge in [0.25, 0.3) is 0 Å². The van der Waals surface area contributed by atoms with Gasteiger partial charge in [-0.1, -0.05) is 6.92 Å². The third-order valence-corrected chi connectivity index (χ3v) is 3.01. The maximum atomic E-state index is 5.63. The summed E-state index contributed by atoms with van der Waals surface area (Å²) in [5, 5.41) is 3.41. The minimum absolute atomic E-state index is 0.434. The minimum atomic E-state index is 0.434. The van der Waals surface area contributed by atoms with Gasteiger partial charge in [-0.3, -0.25) is 0 Å². The molecular formula is C13H22N2O. The molecule has 0 bridgehead atoms. The van der Waals surface area contributed by atoms with Crippen LogP contribution >= 0.6 is 0 Å². The monoisotopic (exact) mass is 222 g/mol. The van der Waals surface area contributed by atoms with Crippen molar-refractivity contribution in [1.29, 1.82) is 0 Å². The van der Waals surface area contributed by atoms with Gasteiger partial charge in [0.05, 0.1) is 6.10 Å². The summed E-state index contributed by atoms with van der Waals surface area (Å²) in [7, 11) is 0. The number of nitrogens with zero attached hydrogens (tertiary/aromatic N) is 1. The lowest BCUT2D eigenvalue weighted by atomic mass is 10.2. The van der Waals surface area contributed by atoms with Crippen molar-refractivity contribution in [3.05, 3.63) is 24.0 Å². The SMILES string of the molecule is CCCNCc1ccn(CC2CCCO2)c1. The largest absolute Gasteiger partial charge is 0.376 e. The molecule has 0 saturated carbocycles. The van der Waals surface area contributed by atoms with E-state index in [1.807, 2.05) is 0 Å². The Morgan fingerprint density at radius 3 is 3.25 bits per heavy atom. The van der Waals surface area contributed by atoms with Crippen LogP contribution in [0.2, 0.25) is 0 Å². The Bertz CT molecular complexity index is 303. The van der Waals surface area contributed by atoms with Crippen molar-refractivity contribution in [2.24, 2.45) is 0 Å². The van der Waals surface area contributed by atoms with E-state index in [4.69, 9.17) is 4.74 Å². The number of hydrogen-bond acceptors (Lipinski definition) is 2. The molecule has 1 unspecified atom stereocenters. The maximum absolute atomic E-state index is 5.63. The summed E-state index contributed by atoms with van der Waals surface area (Å²) in [6, 6.07) is 2.19. The van der Waals surface area contributed by atoms with E-state index in [0.717, 1.165) is 26.2 Å². The van der Waals surface area contributed by atoms with Crippen LogP contribution in [-0.2, 0) is 17.8 Å². The molecule has 0 spiro atoms. The summed E-state index contributed by atoms with van der Waals surface area (Å²) in [5.74, 6) is 0. The lowest BCUT2D eigenvalue weighted by Crippen LogP contribution is -2.14. The standard InChI is InChI=1S/C13H22N2O/c1-2-6-14-9-12-5-7-15(10-12)11-13-4-3-8-16-13/h5,7,10,13-14H,2-4,6,8-9,11H2,1H3. The molecule has 0 aliphatic carbocycles. The quantitative estimate of drug-likeness (QED) is 0.747. The van der Waals surface area contributed by atoms with Gasteiger partial charge in [0.2, 0.25) is 0 Å². The van der Waals surface area contributed by atoms with Gasteiger partial charge in [-0.25, -0.2) is 0 Å². The molecular weight excluding hydrogens is 200 g/mol. The van der Waals surface area contributed by atoms with Gasteiger partial charge in [0, 0.05) is 32.1 Å². The maximum Gasteiger partial charge on any atom is 0.0754 e. The van der Waals surface area contributed by atoms with E-state index in [9.17, 15) is 0 Å². The summed E-state index contributed by atoms with van der Waals surface area (Å²) in [6.07, 6.45) is 8.44. The second kappa shape index (κ2) is 6.06. The van der Waals surface area contributed by atoms with Gasteiger partial charge >= 0.3 is 0 Å². The third-order valence-electron chi connectivity index (χ3n) is 3.01. The molecule has 2 heterocycles. The molecule has 90 valence electrons. The second-order valence-corrected chi connectivity index (χ2v) is 4.53. The van der Waals surface area contributed by atoms with Crippen LogP contribution in [0.4, 0.5) is 0 Å². The molecule has 1 aliphatic rings. The molecule has 1 fully saturated rings. The van der Waals surface area contributed by atoms with Gasteiger partial charge in [0.15, 0.2) is 0 Å². The predicted molar refractivity (Wildman–Crippen MR) is 65.4 cm³/mol. The van der Waals surface area contributed by atoms with E-state index in [0.29, 0.717) is 6.10 Å². The van der Waals surface area contributed by atoms with Crippen molar-refractivity contribution in [3.8, 4) is 0 Å². The highest BCUT2D eigenvalue weighted by atomic mass is 16.5. The van der Waals surface area contributed by atoms with Crippen LogP contribution in [0.15, 0.2) is 18.5 Å². The first-order valence-electron chi connectivity index (χ1n) is 6.35. The Morgan fingerprint density at radius 1 is 1.56 bits per heavy atom. The van der Waals surface area contributed by atoms with Crippen molar-refractivity contribution >= 4 is 0 Å². The highest BCUT2D eigenvalue weighted by Gasteiger charge is 2.15. The fraction of sp³-hybridized carbons (Fsp3) is 0.692. The Balaban J connectivity index is 1.77. The topological polar surface area (TPSA) is 26.2 Å². The van der Waals surface area contributed by atoms with E-state index >= 15 is 0 Å². The molecule has 3 nitrogen and oxygen atoms in total. The van der Waals surface area contributed by atoms with Crippen LogP contribution in [0.1, 0.15) is 31.7 Å².